The summed E-state index contributed by atoms with van der Waals surface area (Å²) in [5.41, 5.74) is 1.28. The van der Waals surface area contributed by atoms with Crippen LogP contribution in [-0.2, 0) is 6.54 Å². The zero-order valence-electron chi connectivity index (χ0n) is 12.4. The topological polar surface area (TPSA) is 41.1 Å². The summed E-state index contributed by atoms with van der Waals surface area (Å²) in [4.78, 5) is 3.13. The molecule has 0 aliphatic rings. The fraction of sp³-hybridized carbons (Fsp3) is 0.429. The first-order valence-electron chi connectivity index (χ1n) is 6.78. The molecule has 4 nitrogen and oxygen atoms in total. The number of halogens is 1. The van der Waals surface area contributed by atoms with Gasteiger partial charge in [0.15, 0.2) is 4.34 Å². The van der Waals surface area contributed by atoms with E-state index in [0.717, 1.165) is 38.3 Å². The summed E-state index contributed by atoms with van der Waals surface area (Å²) in [6.07, 6.45) is 1.15. The van der Waals surface area contributed by atoms with Gasteiger partial charge in [0.1, 0.15) is 0 Å². The molecule has 0 amide bonds. The standard InChI is InChI=1S/C14H19BrN4S2/c1-4-7-16-9-10-5-6-12(11(15)8-10)20-14-18-17-13(21-14)19(2)3/h5-6,8,16H,4,7,9H2,1-3H3. The van der Waals surface area contributed by atoms with Crippen molar-refractivity contribution in [2.24, 2.45) is 0 Å². The molecule has 0 aliphatic carbocycles. The summed E-state index contributed by atoms with van der Waals surface area (Å²) < 4.78 is 2.06. The van der Waals surface area contributed by atoms with Crippen LogP contribution in [0.4, 0.5) is 5.13 Å². The number of benzene rings is 1. The minimum atomic E-state index is 0.904. The monoisotopic (exact) mass is 386 g/mol. The lowest BCUT2D eigenvalue weighted by Crippen LogP contribution is -2.13. The highest BCUT2D eigenvalue weighted by Crippen LogP contribution is 2.36. The maximum absolute atomic E-state index is 4.21. The Morgan fingerprint density at radius 1 is 1.33 bits per heavy atom. The fourth-order valence-electron chi connectivity index (χ4n) is 1.67. The van der Waals surface area contributed by atoms with E-state index >= 15 is 0 Å². The van der Waals surface area contributed by atoms with Gasteiger partial charge in [-0.25, -0.2) is 0 Å². The third-order valence-electron chi connectivity index (χ3n) is 2.73. The molecule has 1 aromatic carbocycles. The molecule has 0 atom stereocenters. The molecule has 0 saturated heterocycles. The molecule has 1 N–H and O–H groups in total. The number of hydrogen-bond donors (Lipinski definition) is 1. The predicted molar refractivity (Wildman–Crippen MR) is 94.5 cm³/mol. The molecule has 7 heteroatoms. The Bertz CT molecular complexity index is 586. The van der Waals surface area contributed by atoms with E-state index in [1.54, 1.807) is 23.1 Å². The molecule has 2 rings (SSSR count). The molecule has 21 heavy (non-hydrogen) atoms. The lowest BCUT2D eigenvalue weighted by Gasteiger charge is -2.07. The van der Waals surface area contributed by atoms with Gasteiger partial charge in [0.05, 0.1) is 0 Å². The van der Waals surface area contributed by atoms with Gasteiger partial charge in [-0.05, 0) is 46.6 Å². The van der Waals surface area contributed by atoms with Gasteiger partial charge in [-0.15, -0.1) is 10.2 Å². The Hall–Kier alpha value is -0.630. The number of nitrogens with one attached hydrogen (secondary N) is 1. The number of anilines is 1. The molecule has 0 bridgehead atoms. The summed E-state index contributed by atoms with van der Waals surface area (Å²) in [6, 6.07) is 6.46. The number of aromatic nitrogens is 2. The number of nitrogens with zero attached hydrogens (tertiary/aromatic N) is 3. The normalized spacial score (nSPS) is 10.9. The van der Waals surface area contributed by atoms with E-state index in [4.69, 9.17) is 0 Å². The smallest absolute Gasteiger partial charge is 0.208 e. The van der Waals surface area contributed by atoms with Crippen LogP contribution in [0.1, 0.15) is 18.9 Å². The summed E-state index contributed by atoms with van der Waals surface area (Å²) in [6.45, 7) is 4.12. The molecule has 1 heterocycles. The van der Waals surface area contributed by atoms with Crippen molar-refractivity contribution in [1.82, 2.24) is 15.5 Å². The van der Waals surface area contributed by atoms with Crippen molar-refractivity contribution in [2.75, 3.05) is 25.5 Å². The minimum Gasteiger partial charge on any atom is -0.353 e. The second-order valence-corrected chi connectivity index (χ2v) is 7.89. The highest BCUT2D eigenvalue weighted by molar-refractivity contribution is 9.10. The van der Waals surface area contributed by atoms with Crippen LogP contribution in [0.2, 0.25) is 0 Å². The lowest BCUT2D eigenvalue weighted by molar-refractivity contribution is 0.675. The molecule has 0 fully saturated rings. The molecule has 1 aromatic heterocycles. The van der Waals surface area contributed by atoms with Gasteiger partial charge in [0.25, 0.3) is 0 Å². The summed E-state index contributed by atoms with van der Waals surface area (Å²) >= 11 is 6.89. The van der Waals surface area contributed by atoms with Crippen molar-refractivity contribution in [3.05, 3.63) is 28.2 Å². The summed E-state index contributed by atoms with van der Waals surface area (Å²) in [5.74, 6) is 0. The maximum atomic E-state index is 4.21. The Kier molecular flexibility index (Phi) is 6.47. The second kappa shape index (κ2) is 8.12. The van der Waals surface area contributed by atoms with Crippen LogP contribution >= 0.6 is 39.0 Å². The second-order valence-electron chi connectivity index (χ2n) is 4.79. The first-order valence-corrected chi connectivity index (χ1v) is 9.20. The van der Waals surface area contributed by atoms with E-state index in [-0.39, 0.29) is 0 Å². The average molecular weight is 387 g/mol. The van der Waals surface area contributed by atoms with Crippen molar-refractivity contribution in [3.8, 4) is 0 Å². The van der Waals surface area contributed by atoms with Crippen LogP contribution in [0.25, 0.3) is 0 Å². The molecule has 0 radical (unpaired) electrons. The predicted octanol–water partition coefficient (Wildman–Crippen LogP) is 4.02. The van der Waals surface area contributed by atoms with Gasteiger partial charge < -0.3 is 10.2 Å². The van der Waals surface area contributed by atoms with E-state index in [9.17, 15) is 0 Å². The van der Waals surface area contributed by atoms with Crippen molar-refractivity contribution < 1.29 is 0 Å². The van der Waals surface area contributed by atoms with E-state index in [1.165, 1.54) is 5.56 Å². The molecule has 0 spiro atoms. The Labute approximate surface area is 142 Å². The van der Waals surface area contributed by atoms with Crippen molar-refractivity contribution in [2.45, 2.75) is 29.1 Å². The Morgan fingerprint density at radius 2 is 2.14 bits per heavy atom. The zero-order chi connectivity index (χ0) is 15.2. The zero-order valence-corrected chi connectivity index (χ0v) is 15.6. The van der Waals surface area contributed by atoms with Gasteiger partial charge in [-0.2, -0.15) is 0 Å². The molecule has 0 saturated carbocycles. The van der Waals surface area contributed by atoms with Gasteiger partial charge in [-0.3, -0.25) is 0 Å². The van der Waals surface area contributed by atoms with Crippen LogP contribution in [-0.4, -0.2) is 30.8 Å². The highest BCUT2D eigenvalue weighted by Gasteiger charge is 2.10. The third kappa shape index (κ3) is 4.95. The molecular formula is C14H19BrN4S2. The molecule has 2 aromatic rings. The maximum Gasteiger partial charge on any atom is 0.208 e. The summed E-state index contributed by atoms with van der Waals surface area (Å²) in [7, 11) is 3.95. The first kappa shape index (κ1) is 16.7. The van der Waals surface area contributed by atoms with E-state index in [1.807, 2.05) is 19.0 Å². The number of rotatable bonds is 7. The van der Waals surface area contributed by atoms with Gasteiger partial charge in [0, 0.05) is 30.0 Å². The largest absolute Gasteiger partial charge is 0.353 e. The summed E-state index contributed by atoms with van der Waals surface area (Å²) in [5, 5.41) is 12.7. The van der Waals surface area contributed by atoms with Crippen molar-refractivity contribution in [3.63, 3.8) is 0 Å². The molecule has 0 aliphatic heterocycles. The van der Waals surface area contributed by atoms with Gasteiger partial charge in [-0.1, -0.05) is 36.1 Å². The van der Waals surface area contributed by atoms with Crippen molar-refractivity contribution >= 4 is 44.2 Å². The highest BCUT2D eigenvalue weighted by atomic mass is 79.9. The van der Waals surface area contributed by atoms with E-state index in [2.05, 4.69) is 56.6 Å². The van der Waals surface area contributed by atoms with E-state index < -0.39 is 0 Å². The number of hydrogen-bond acceptors (Lipinski definition) is 6. The van der Waals surface area contributed by atoms with Crippen molar-refractivity contribution in [1.29, 1.82) is 0 Å². The quantitative estimate of drug-likeness (QED) is 0.727. The fourth-order valence-corrected chi connectivity index (χ4v) is 4.06. The van der Waals surface area contributed by atoms with Crippen LogP contribution in [0.5, 0.6) is 0 Å². The van der Waals surface area contributed by atoms with Gasteiger partial charge in [0.2, 0.25) is 5.13 Å². The minimum absolute atomic E-state index is 0.904. The Morgan fingerprint density at radius 3 is 2.76 bits per heavy atom. The average Bonchev–Trinajstić information content (AvgIpc) is 2.91. The molecule has 114 valence electrons. The van der Waals surface area contributed by atoms with Crippen LogP contribution in [0, 0.1) is 0 Å². The van der Waals surface area contributed by atoms with Crippen LogP contribution in [0.3, 0.4) is 0 Å². The molecular weight excluding hydrogens is 368 g/mol. The first-order chi connectivity index (χ1) is 10.1. The SMILES string of the molecule is CCCNCc1ccc(Sc2nnc(N(C)C)s2)c(Br)c1. The third-order valence-corrected chi connectivity index (χ3v) is 5.86. The van der Waals surface area contributed by atoms with Gasteiger partial charge >= 0.3 is 0 Å². The lowest BCUT2D eigenvalue weighted by atomic mass is 10.2. The van der Waals surface area contributed by atoms with E-state index in [0.29, 0.717) is 0 Å². The van der Waals surface area contributed by atoms with Crippen LogP contribution < -0.4 is 10.2 Å². The van der Waals surface area contributed by atoms with Crippen LogP contribution in [0.15, 0.2) is 31.9 Å². The molecule has 0 unspecified atom stereocenters. The Balaban J connectivity index is 2.02.